The average molecular weight is 440 g/mol. The van der Waals surface area contributed by atoms with Crippen molar-refractivity contribution < 1.29 is 14.3 Å². The van der Waals surface area contributed by atoms with Crippen molar-refractivity contribution in [2.75, 3.05) is 46.3 Å². The Morgan fingerprint density at radius 1 is 1.03 bits per heavy atom. The van der Waals surface area contributed by atoms with E-state index in [1.807, 2.05) is 57.8 Å². The minimum atomic E-state index is -0.0900. The molecular formula is C24H33N5O3. The van der Waals surface area contributed by atoms with Crippen LogP contribution in [-0.2, 0) is 16.1 Å². The number of carbonyl (C=O) groups excluding carboxylic acids is 2. The average Bonchev–Trinajstić information content (AvgIpc) is 3.20. The molecule has 2 aliphatic heterocycles. The molecule has 2 amide bonds. The molecule has 172 valence electrons. The van der Waals surface area contributed by atoms with Gasteiger partial charge in [0.05, 0.1) is 0 Å². The standard InChI is InChI=1S/C24H33N5O3/c1-19-25-9-11-28(19)18-24(31)29-10-8-22(32-21-6-4-3-5-7-21)20(17-29)16-23(30)27-14-12-26(2)13-15-27/h3-7,9,11,20,22H,8,10,12-18H2,1-2H3/t20-,22-/m0/s1. The van der Waals surface area contributed by atoms with Crippen molar-refractivity contribution in [2.24, 2.45) is 5.92 Å². The van der Waals surface area contributed by atoms with Gasteiger partial charge in [0.25, 0.3) is 0 Å². The zero-order chi connectivity index (χ0) is 22.5. The van der Waals surface area contributed by atoms with Crippen molar-refractivity contribution in [3.05, 3.63) is 48.5 Å². The van der Waals surface area contributed by atoms with E-state index in [4.69, 9.17) is 4.74 Å². The fourth-order valence-corrected chi connectivity index (χ4v) is 4.49. The van der Waals surface area contributed by atoms with Crippen LogP contribution in [0, 0.1) is 12.8 Å². The SMILES string of the molecule is Cc1nccn1CC(=O)N1CC[C@H](Oc2ccccc2)[C@@H](CC(=O)N2CCN(C)CC2)C1. The van der Waals surface area contributed by atoms with E-state index in [1.54, 1.807) is 6.20 Å². The Labute approximate surface area is 189 Å². The number of likely N-dealkylation sites (tertiary alicyclic amines) is 1. The lowest BCUT2D eigenvalue weighted by molar-refractivity contribution is -0.140. The van der Waals surface area contributed by atoms with Crippen molar-refractivity contribution in [3.8, 4) is 5.75 Å². The van der Waals surface area contributed by atoms with Crippen LogP contribution in [0.1, 0.15) is 18.7 Å². The Hall–Kier alpha value is -2.87. The van der Waals surface area contributed by atoms with E-state index in [0.29, 0.717) is 25.9 Å². The van der Waals surface area contributed by atoms with Gasteiger partial charge in [0.1, 0.15) is 24.2 Å². The van der Waals surface area contributed by atoms with E-state index in [-0.39, 0.29) is 30.4 Å². The summed E-state index contributed by atoms with van der Waals surface area (Å²) < 4.78 is 8.15. The molecule has 8 nitrogen and oxygen atoms in total. The van der Waals surface area contributed by atoms with Crippen LogP contribution in [0.15, 0.2) is 42.7 Å². The summed E-state index contributed by atoms with van der Waals surface area (Å²) in [4.78, 5) is 36.4. The van der Waals surface area contributed by atoms with Crippen molar-refractivity contribution in [2.45, 2.75) is 32.4 Å². The first kappa shape index (κ1) is 22.3. The number of piperazine rings is 1. The fraction of sp³-hybridized carbons (Fsp3) is 0.542. The molecule has 2 atom stereocenters. The number of hydrogen-bond donors (Lipinski definition) is 0. The number of aryl methyl sites for hydroxylation is 1. The maximum absolute atomic E-state index is 13.1. The normalized spacial score (nSPS) is 22.1. The van der Waals surface area contributed by atoms with Gasteiger partial charge in [-0.3, -0.25) is 9.59 Å². The van der Waals surface area contributed by atoms with Gasteiger partial charge >= 0.3 is 0 Å². The number of carbonyl (C=O) groups is 2. The number of nitrogens with zero attached hydrogens (tertiary/aromatic N) is 5. The summed E-state index contributed by atoms with van der Waals surface area (Å²) in [5.74, 6) is 1.81. The Balaban J connectivity index is 1.43. The van der Waals surface area contributed by atoms with Crippen LogP contribution in [0.5, 0.6) is 5.75 Å². The van der Waals surface area contributed by atoms with E-state index in [2.05, 4.69) is 16.9 Å². The largest absolute Gasteiger partial charge is 0.490 e. The summed E-state index contributed by atoms with van der Waals surface area (Å²) in [6.07, 6.45) is 4.56. The van der Waals surface area contributed by atoms with Gasteiger partial charge in [-0.15, -0.1) is 0 Å². The first-order valence-corrected chi connectivity index (χ1v) is 11.4. The van der Waals surface area contributed by atoms with Gasteiger partial charge in [0.15, 0.2) is 0 Å². The smallest absolute Gasteiger partial charge is 0.242 e. The van der Waals surface area contributed by atoms with Crippen LogP contribution in [0.25, 0.3) is 0 Å². The zero-order valence-electron chi connectivity index (χ0n) is 19.0. The van der Waals surface area contributed by atoms with Gasteiger partial charge < -0.3 is 24.0 Å². The molecule has 0 N–H and O–H groups in total. The minimum absolute atomic E-state index is 0.0380. The van der Waals surface area contributed by atoms with Crippen LogP contribution in [0.2, 0.25) is 0 Å². The number of benzene rings is 1. The molecule has 2 fully saturated rings. The molecule has 0 spiro atoms. The summed E-state index contributed by atoms with van der Waals surface area (Å²) in [7, 11) is 2.08. The summed E-state index contributed by atoms with van der Waals surface area (Å²) in [5.41, 5.74) is 0. The van der Waals surface area contributed by atoms with E-state index in [1.165, 1.54) is 0 Å². The first-order chi connectivity index (χ1) is 15.5. The molecule has 0 radical (unpaired) electrons. The molecule has 0 unspecified atom stereocenters. The van der Waals surface area contributed by atoms with Crippen LogP contribution >= 0.6 is 0 Å². The molecule has 0 bridgehead atoms. The second kappa shape index (κ2) is 10.2. The molecule has 2 aromatic rings. The maximum Gasteiger partial charge on any atom is 0.242 e. The topological polar surface area (TPSA) is 70.9 Å². The van der Waals surface area contributed by atoms with Crippen LogP contribution < -0.4 is 4.74 Å². The van der Waals surface area contributed by atoms with Gasteiger partial charge in [-0.1, -0.05) is 18.2 Å². The molecule has 8 heteroatoms. The molecule has 32 heavy (non-hydrogen) atoms. The Bertz CT molecular complexity index is 907. The highest BCUT2D eigenvalue weighted by molar-refractivity contribution is 5.78. The molecular weight excluding hydrogens is 406 g/mol. The third-order valence-corrected chi connectivity index (χ3v) is 6.57. The lowest BCUT2D eigenvalue weighted by Gasteiger charge is -2.40. The summed E-state index contributed by atoms with van der Waals surface area (Å²) in [6, 6.07) is 9.75. The predicted octanol–water partition coefficient (Wildman–Crippen LogP) is 1.65. The molecule has 1 aromatic carbocycles. The quantitative estimate of drug-likeness (QED) is 0.685. The Morgan fingerprint density at radius 2 is 1.78 bits per heavy atom. The molecule has 1 aromatic heterocycles. The zero-order valence-corrected chi connectivity index (χ0v) is 19.0. The fourth-order valence-electron chi connectivity index (χ4n) is 4.49. The monoisotopic (exact) mass is 439 g/mol. The van der Waals surface area contributed by atoms with Gasteiger partial charge in [0.2, 0.25) is 11.8 Å². The molecule has 3 heterocycles. The molecule has 4 rings (SSSR count). The number of aromatic nitrogens is 2. The predicted molar refractivity (Wildman–Crippen MR) is 121 cm³/mol. The lowest BCUT2D eigenvalue weighted by atomic mass is 9.90. The Kier molecular flexibility index (Phi) is 7.09. The lowest BCUT2D eigenvalue weighted by Crippen LogP contribution is -2.52. The molecule has 2 saturated heterocycles. The molecule has 0 saturated carbocycles. The number of imidazole rings is 1. The van der Waals surface area contributed by atoms with Gasteiger partial charge in [-0.2, -0.15) is 0 Å². The van der Waals surface area contributed by atoms with Gasteiger partial charge in [-0.05, 0) is 26.1 Å². The number of amides is 2. The van der Waals surface area contributed by atoms with E-state index in [0.717, 1.165) is 37.8 Å². The minimum Gasteiger partial charge on any atom is -0.490 e. The summed E-state index contributed by atoms with van der Waals surface area (Å²) in [5, 5.41) is 0. The number of para-hydroxylation sites is 1. The molecule has 2 aliphatic rings. The van der Waals surface area contributed by atoms with Crippen molar-refractivity contribution >= 4 is 11.8 Å². The maximum atomic E-state index is 13.1. The van der Waals surface area contributed by atoms with Crippen LogP contribution in [0.3, 0.4) is 0 Å². The first-order valence-electron chi connectivity index (χ1n) is 11.4. The Morgan fingerprint density at radius 3 is 2.47 bits per heavy atom. The highest BCUT2D eigenvalue weighted by Crippen LogP contribution is 2.27. The molecule has 0 aliphatic carbocycles. The van der Waals surface area contributed by atoms with Crippen molar-refractivity contribution in [1.82, 2.24) is 24.3 Å². The summed E-state index contributed by atoms with van der Waals surface area (Å²) >= 11 is 0. The van der Waals surface area contributed by atoms with E-state index < -0.39 is 0 Å². The highest BCUT2D eigenvalue weighted by atomic mass is 16.5. The van der Waals surface area contributed by atoms with Crippen LogP contribution in [-0.4, -0.2) is 88.5 Å². The van der Waals surface area contributed by atoms with Gasteiger partial charge in [-0.25, -0.2) is 4.98 Å². The highest BCUT2D eigenvalue weighted by Gasteiger charge is 2.35. The third kappa shape index (κ3) is 5.48. The van der Waals surface area contributed by atoms with Crippen molar-refractivity contribution in [3.63, 3.8) is 0 Å². The number of piperidine rings is 1. The third-order valence-electron chi connectivity index (χ3n) is 6.57. The number of rotatable bonds is 6. The second-order valence-corrected chi connectivity index (χ2v) is 8.85. The number of likely N-dealkylation sites (N-methyl/N-ethyl adjacent to an activating group) is 1. The summed E-state index contributed by atoms with van der Waals surface area (Å²) in [6.45, 7) is 6.64. The van der Waals surface area contributed by atoms with Crippen molar-refractivity contribution in [1.29, 1.82) is 0 Å². The van der Waals surface area contributed by atoms with E-state index in [9.17, 15) is 9.59 Å². The van der Waals surface area contributed by atoms with Crippen LogP contribution in [0.4, 0.5) is 0 Å². The van der Waals surface area contributed by atoms with E-state index >= 15 is 0 Å². The number of ether oxygens (including phenoxy) is 1. The number of hydrogen-bond acceptors (Lipinski definition) is 5. The second-order valence-electron chi connectivity index (χ2n) is 8.85. The van der Waals surface area contributed by atoms with Gasteiger partial charge in [0, 0.05) is 70.4 Å².